The van der Waals surface area contributed by atoms with Crippen molar-refractivity contribution in [2.75, 3.05) is 13.1 Å². The fraction of sp³-hybridized carbons (Fsp3) is 0.909. The van der Waals surface area contributed by atoms with Crippen molar-refractivity contribution in [3.8, 4) is 0 Å². The Morgan fingerprint density at radius 2 is 1.44 bits per heavy atom. The molecule has 1 aliphatic heterocycles. The van der Waals surface area contributed by atoms with E-state index in [4.69, 9.17) is 4.74 Å². The molecule has 0 aromatic rings. The number of aliphatic hydroxyl groups is 4. The minimum absolute atomic E-state index is 0.204. The smallest absolute Gasteiger partial charge is 0.410 e. The molecule has 0 unspecified atom stereocenters. The van der Waals surface area contributed by atoms with Gasteiger partial charge in [-0.05, 0) is 20.8 Å². The van der Waals surface area contributed by atoms with Crippen LogP contribution in [0.5, 0.6) is 0 Å². The highest BCUT2D eigenvalue weighted by atomic mass is 16.6. The van der Waals surface area contributed by atoms with Gasteiger partial charge in [-0.25, -0.2) is 4.79 Å². The van der Waals surface area contributed by atoms with E-state index in [0.717, 1.165) is 4.90 Å². The van der Waals surface area contributed by atoms with Gasteiger partial charge in [-0.1, -0.05) is 0 Å². The van der Waals surface area contributed by atoms with Gasteiger partial charge < -0.3 is 30.1 Å². The van der Waals surface area contributed by atoms with Crippen LogP contribution in [0.1, 0.15) is 20.8 Å². The Balaban J connectivity index is 2.75. The van der Waals surface area contributed by atoms with Gasteiger partial charge in [0.15, 0.2) is 0 Å². The van der Waals surface area contributed by atoms with Gasteiger partial charge in [0.05, 0.1) is 13.1 Å². The number of hydrogen-bond acceptors (Lipinski definition) is 6. The number of carbonyl (C=O) groups excluding carboxylic acids is 1. The highest BCUT2D eigenvalue weighted by Gasteiger charge is 2.38. The summed E-state index contributed by atoms with van der Waals surface area (Å²) in [6.45, 7) is 4.67. The standard InChI is InChI=1S/C11H21NO6/c1-11(2,3)18-10(17)12-4-6(13)8(15)9(16)7(14)5-12/h6-9,13-16H,4-5H2,1-3H3/t6-,7+,8+,9-. The Morgan fingerprint density at radius 3 is 1.78 bits per heavy atom. The van der Waals surface area contributed by atoms with Crippen LogP contribution in [-0.2, 0) is 4.74 Å². The van der Waals surface area contributed by atoms with E-state index in [1.165, 1.54) is 0 Å². The molecule has 1 aliphatic rings. The molecule has 1 rings (SSSR count). The van der Waals surface area contributed by atoms with Gasteiger partial charge in [-0.2, -0.15) is 0 Å². The fourth-order valence-electron chi connectivity index (χ4n) is 1.67. The minimum Gasteiger partial charge on any atom is -0.444 e. The van der Waals surface area contributed by atoms with Crippen molar-refractivity contribution in [3.05, 3.63) is 0 Å². The first kappa shape index (κ1) is 15.2. The second-order valence-electron chi connectivity index (χ2n) is 5.50. The minimum atomic E-state index is -1.49. The van der Waals surface area contributed by atoms with Crippen molar-refractivity contribution in [2.45, 2.75) is 50.8 Å². The fourth-order valence-corrected chi connectivity index (χ4v) is 1.67. The van der Waals surface area contributed by atoms with Crippen LogP contribution in [0, 0.1) is 0 Å². The molecule has 1 saturated heterocycles. The second kappa shape index (κ2) is 5.40. The molecule has 1 fully saturated rings. The van der Waals surface area contributed by atoms with Crippen LogP contribution in [0.15, 0.2) is 0 Å². The quantitative estimate of drug-likeness (QED) is 0.431. The Labute approximate surface area is 106 Å². The molecular weight excluding hydrogens is 242 g/mol. The molecular formula is C11H21NO6. The summed E-state index contributed by atoms with van der Waals surface area (Å²) in [4.78, 5) is 12.9. The van der Waals surface area contributed by atoms with Crippen LogP contribution < -0.4 is 0 Å². The molecule has 0 radical (unpaired) electrons. The zero-order valence-electron chi connectivity index (χ0n) is 10.8. The van der Waals surface area contributed by atoms with Gasteiger partial charge in [0.1, 0.15) is 30.0 Å². The molecule has 0 bridgehead atoms. The third-order valence-electron chi connectivity index (χ3n) is 2.60. The van der Waals surface area contributed by atoms with E-state index in [-0.39, 0.29) is 13.1 Å². The monoisotopic (exact) mass is 263 g/mol. The van der Waals surface area contributed by atoms with E-state index < -0.39 is 36.1 Å². The zero-order valence-corrected chi connectivity index (χ0v) is 10.8. The first-order valence-corrected chi connectivity index (χ1v) is 5.82. The highest BCUT2D eigenvalue weighted by molar-refractivity contribution is 5.68. The number of aliphatic hydroxyl groups excluding tert-OH is 4. The maximum atomic E-state index is 11.8. The number of ether oxygens (including phenoxy) is 1. The summed E-state index contributed by atoms with van der Waals surface area (Å²) >= 11 is 0. The van der Waals surface area contributed by atoms with Gasteiger partial charge >= 0.3 is 6.09 Å². The normalized spacial score (nSPS) is 34.1. The Kier molecular flexibility index (Phi) is 4.55. The number of β-amino-alcohol motifs (C(OH)–C–C–N with tert-alkyl or cyclic N) is 2. The molecule has 0 aliphatic carbocycles. The number of amides is 1. The summed E-state index contributed by atoms with van der Waals surface area (Å²) in [6.07, 6.45) is -6.35. The number of carbonyl (C=O) groups is 1. The lowest BCUT2D eigenvalue weighted by molar-refractivity contribution is -0.0894. The summed E-state index contributed by atoms with van der Waals surface area (Å²) in [7, 11) is 0. The first-order chi connectivity index (χ1) is 8.11. The Morgan fingerprint density at radius 1 is 1.06 bits per heavy atom. The van der Waals surface area contributed by atoms with Crippen LogP contribution >= 0.6 is 0 Å². The maximum Gasteiger partial charge on any atom is 0.410 e. The predicted octanol–water partition coefficient (Wildman–Crippen LogP) is -1.32. The number of hydrogen-bond donors (Lipinski definition) is 4. The molecule has 0 aromatic carbocycles. The van der Waals surface area contributed by atoms with E-state index in [1.54, 1.807) is 20.8 Å². The summed E-state index contributed by atoms with van der Waals surface area (Å²) in [6, 6.07) is 0. The van der Waals surface area contributed by atoms with Gasteiger partial charge in [0.2, 0.25) is 0 Å². The molecule has 0 spiro atoms. The maximum absolute atomic E-state index is 11.8. The SMILES string of the molecule is CC(C)(C)OC(=O)N1C[C@@H](O)[C@H](O)[C@H](O)[C@@H](O)C1. The average Bonchev–Trinajstić information content (AvgIpc) is 2.30. The summed E-state index contributed by atoms with van der Waals surface area (Å²) in [5, 5.41) is 38.2. The van der Waals surface area contributed by atoms with Crippen LogP contribution in [0.4, 0.5) is 4.79 Å². The molecule has 4 N–H and O–H groups in total. The molecule has 0 saturated carbocycles. The van der Waals surface area contributed by atoms with Crippen molar-refractivity contribution in [1.29, 1.82) is 0 Å². The molecule has 106 valence electrons. The third kappa shape index (κ3) is 3.81. The topological polar surface area (TPSA) is 110 Å². The number of rotatable bonds is 0. The van der Waals surface area contributed by atoms with Gasteiger partial charge in [-0.3, -0.25) is 0 Å². The number of likely N-dealkylation sites (tertiary alicyclic amines) is 1. The largest absolute Gasteiger partial charge is 0.444 e. The molecule has 1 heterocycles. The van der Waals surface area contributed by atoms with Crippen LogP contribution in [0.2, 0.25) is 0 Å². The van der Waals surface area contributed by atoms with Crippen LogP contribution in [0.25, 0.3) is 0 Å². The van der Waals surface area contributed by atoms with Crippen molar-refractivity contribution < 1.29 is 30.0 Å². The van der Waals surface area contributed by atoms with Crippen molar-refractivity contribution in [3.63, 3.8) is 0 Å². The highest BCUT2D eigenvalue weighted by Crippen LogP contribution is 2.16. The predicted molar refractivity (Wildman–Crippen MR) is 61.8 cm³/mol. The second-order valence-corrected chi connectivity index (χ2v) is 5.50. The van der Waals surface area contributed by atoms with Gasteiger partial charge in [0.25, 0.3) is 0 Å². The van der Waals surface area contributed by atoms with E-state index >= 15 is 0 Å². The van der Waals surface area contributed by atoms with E-state index in [2.05, 4.69) is 0 Å². The zero-order chi connectivity index (χ0) is 14.1. The molecule has 1 amide bonds. The average molecular weight is 263 g/mol. The lowest BCUT2D eigenvalue weighted by atomic mass is 10.1. The summed E-state index contributed by atoms with van der Waals surface area (Å²) in [5.74, 6) is 0. The molecule has 0 aromatic heterocycles. The Bertz CT molecular complexity index is 286. The van der Waals surface area contributed by atoms with E-state index in [9.17, 15) is 25.2 Å². The molecule has 4 atom stereocenters. The van der Waals surface area contributed by atoms with Crippen LogP contribution in [0.3, 0.4) is 0 Å². The third-order valence-corrected chi connectivity index (χ3v) is 2.60. The summed E-state index contributed by atoms with van der Waals surface area (Å²) < 4.78 is 5.10. The van der Waals surface area contributed by atoms with Crippen molar-refractivity contribution in [2.24, 2.45) is 0 Å². The number of nitrogens with zero attached hydrogens (tertiary/aromatic N) is 1. The lowest BCUT2D eigenvalue weighted by Crippen LogP contribution is -2.43. The Hall–Kier alpha value is -0.890. The lowest BCUT2D eigenvalue weighted by Gasteiger charge is -2.27. The van der Waals surface area contributed by atoms with Crippen molar-refractivity contribution in [1.82, 2.24) is 4.90 Å². The van der Waals surface area contributed by atoms with Crippen LogP contribution in [-0.4, -0.2) is 74.5 Å². The van der Waals surface area contributed by atoms with E-state index in [0.29, 0.717) is 0 Å². The van der Waals surface area contributed by atoms with Gasteiger partial charge in [0, 0.05) is 0 Å². The van der Waals surface area contributed by atoms with Crippen molar-refractivity contribution >= 4 is 6.09 Å². The molecule has 7 nitrogen and oxygen atoms in total. The first-order valence-electron chi connectivity index (χ1n) is 5.82. The van der Waals surface area contributed by atoms with Gasteiger partial charge in [-0.15, -0.1) is 0 Å². The molecule has 18 heavy (non-hydrogen) atoms. The summed E-state index contributed by atoms with van der Waals surface area (Å²) in [5.41, 5.74) is -0.698. The molecule has 7 heteroatoms. The van der Waals surface area contributed by atoms with E-state index in [1.807, 2.05) is 0 Å².